The lowest BCUT2D eigenvalue weighted by Gasteiger charge is -2.11. The van der Waals surface area contributed by atoms with Crippen LogP contribution in [0.3, 0.4) is 0 Å². The third-order valence-corrected chi connectivity index (χ3v) is 5.34. The van der Waals surface area contributed by atoms with E-state index in [0.29, 0.717) is 20.2 Å². The molecule has 0 fully saturated rings. The van der Waals surface area contributed by atoms with E-state index in [4.69, 9.17) is 28.9 Å². The molecule has 0 aliphatic carbocycles. The van der Waals surface area contributed by atoms with Gasteiger partial charge in [-0.25, -0.2) is 8.42 Å². The predicted molar refractivity (Wildman–Crippen MR) is 85.8 cm³/mol. The maximum absolute atomic E-state index is 12.2. The molecule has 0 bridgehead atoms. The van der Waals surface area contributed by atoms with E-state index in [1.54, 1.807) is 18.2 Å². The van der Waals surface area contributed by atoms with Gasteiger partial charge in [-0.2, -0.15) is 0 Å². The normalized spacial score (nSPS) is 11.3. The SMILES string of the molecule is Nc1cc(Cl)ccc1S(=O)(=O)Nc1ccc(Cl)c(Br)c1. The molecule has 0 amide bonds. The topological polar surface area (TPSA) is 72.2 Å². The van der Waals surface area contributed by atoms with Crippen LogP contribution in [0, 0.1) is 0 Å². The van der Waals surface area contributed by atoms with Crippen LogP contribution in [-0.2, 0) is 10.0 Å². The summed E-state index contributed by atoms with van der Waals surface area (Å²) in [5, 5.41) is 0.856. The molecule has 0 aromatic heterocycles. The summed E-state index contributed by atoms with van der Waals surface area (Å²) in [6, 6.07) is 8.89. The first kappa shape index (κ1) is 15.4. The summed E-state index contributed by atoms with van der Waals surface area (Å²) in [5.41, 5.74) is 6.13. The second-order valence-electron chi connectivity index (χ2n) is 3.92. The van der Waals surface area contributed by atoms with E-state index < -0.39 is 10.0 Å². The highest BCUT2D eigenvalue weighted by Gasteiger charge is 2.18. The average Bonchev–Trinajstić information content (AvgIpc) is 2.33. The van der Waals surface area contributed by atoms with Crippen molar-refractivity contribution < 1.29 is 8.42 Å². The Hall–Kier alpha value is -0.950. The van der Waals surface area contributed by atoms with Gasteiger partial charge in [0.15, 0.2) is 0 Å². The van der Waals surface area contributed by atoms with Crippen LogP contribution in [0.15, 0.2) is 45.8 Å². The number of rotatable bonds is 3. The van der Waals surface area contributed by atoms with Crippen LogP contribution in [0.4, 0.5) is 11.4 Å². The van der Waals surface area contributed by atoms with Crippen LogP contribution in [-0.4, -0.2) is 8.42 Å². The number of hydrogen-bond donors (Lipinski definition) is 2. The lowest BCUT2D eigenvalue weighted by atomic mass is 10.3. The molecule has 0 saturated carbocycles. The van der Waals surface area contributed by atoms with E-state index in [1.165, 1.54) is 18.2 Å². The quantitative estimate of drug-likeness (QED) is 0.767. The van der Waals surface area contributed by atoms with Crippen molar-refractivity contribution >= 4 is 60.5 Å². The first-order valence-electron chi connectivity index (χ1n) is 5.32. The van der Waals surface area contributed by atoms with Crippen molar-refractivity contribution in [3.05, 3.63) is 50.9 Å². The summed E-state index contributed by atoms with van der Waals surface area (Å²) in [7, 11) is -3.79. The number of halogens is 3. The summed E-state index contributed by atoms with van der Waals surface area (Å²) in [6.07, 6.45) is 0. The Bertz CT molecular complexity index is 766. The maximum atomic E-state index is 12.2. The second kappa shape index (κ2) is 5.81. The highest BCUT2D eigenvalue weighted by atomic mass is 79.9. The van der Waals surface area contributed by atoms with Gasteiger partial charge in [0.05, 0.1) is 16.4 Å². The van der Waals surface area contributed by atoms with Crippen molar-refractivity contribution in [1.29, 1.82) is 0 Å². The molecule has 2 aromatic rings. The zero-order chi connectivity index (χ0) is 14.9. The maximum Gasteiger partial charge on any atom is 0.263 e. The van der Waals surface area contributed by atoms with E-state index in [9.17, 15) is 8.42 Å². The molecule has 106 valence electrons. The van der Waals surface area contributed by atoms with Crippen LogP contribution >= 0.6 is 39.1 Å². The molecule has 0 atom stereocenters. The molecule has 20 heavy (non-hydrogen) atoms. The molecule has 2 aromatic carbocycles. The number of benzene rings is 2. The van der Waals surface area contributed by atoms with Crippen molar-refractivity contribution in [1.82, 2.24) is 0 Å². The van der Waals surface area contributed by atoms with Crippen LogP contribution in [0.1, 0.15) is 0 Å². The first-order valence-corrected chi connectivity index (χ1v) is 8.36. The fourth-order valence-electron chi connectivity index (χ4n) is 1.53. The van der Waals surface area contributed by atoms with Gasteiger partial charge >= 0.3 is 0 Å². The molecule has 0 aliphatic rings. The molecule has 0 spiro atoms. The Labute approximate surface area is 135 Å². The molecular weight excluding hydrogens is 387 g/mol. The molecule has 3 N–H and O–H groups in total. The van der Waals surface area contributed by atoms with E-state index in [1.807, 2.05) is 0 Å². The van der Waals surface area contributed by atoms with Crippen LogP contribution in [0.2, 0.25) is 10.0 Å². The number of sulfonamides is 1. The predicted octanol–water partition coefficient (Wildman–Crippen LogP) is 4.14. The van der Waals surface area contributed by atoms with Gasteiger partial charge in [-0.05, 0) is 52.3 Å². The summed E-state index contributed by atoms with van der Waals surface area (Å²) in [5.74, 6) is 0. The van der Waals surface area contributed by atoms with Crippen LogP contribution in [0.5, 0.6) is 0 Å². The van der Waals surface area contributed by atoms with Gasteiger partial charge in [0.1, 0.15) is 4.90 Å². The van der Waals surface area contributed by atoms with Crippen molar-refractivity contribution in [3.63, 3.8) is 0 Å². The van der Waals surface area contributed by atoms with Gasteiger partial charge in [0.25, 0.3) is 10.0 Å². The van der Waals surface area contributed by atoms with Crippen LogP contribution in [0.25, 0.3) is 0 Å². The molecule has 8 heteroatoms. The fraction of sp³-hybridized carbons (Fsp3) is 0. The summed E-state index contributed by atoms with van der Waals surface area (Å²) in [6.45, 7) is 0. The zero-order valence-corrected chi connectivity index (χ0v) is 13.8. The highest BCUT2D eigenvalue weighted by molar-refractivity contribution is 9.10. The largest absolute Gasteiger partial charge is 0.398 e. The summed E-state index contributed by atoms with van der Waals surface area (Å²) < 4.78 is 27.5. The Kier molecular flexibility index (Phi) is 4.49. The number of nitrogens with one attached hydrogen (secondary N) is 1. The third kappa shape index (κ3) is 3.38. The molecule has 4 nitrogen and oxygen atoms in total. The van der Waals surface area contributed by atoms with Gasteiger partial charge in [0, 0.05) is 9.50 Å². The van der Waals surface area contributed by atoms with Gasteiger partial charge < -0.3 is 5.73 Å². The van der Waals surface area contributed by atoms with Crippen molar-refractivity contribution in [2.24, 2.45) is 0 Å². The number of nitrogens with two attached hydrogens (primary N) is 1. The minimum Gasteiger partial charge on any atom is -0.398 e. The first-order chi connectivity index (χ1) is 9.29. The van der Waals surface area contributed by atoms with E-state index in [2.05, 4.69) is 20.7 Å². The highest BCUT2D eigenvalue weighted by Crippen LogP contribution is 2.28. The minimum absolute atomic E-state index is 0.0343. The molecule has 0 aliphatic heterocycles. The van der Waals surface area contributed by atoms with E-state index in [0.717, 1.165) is 0 Å². The molecule has 0 unspecified atom stereocenters. The lowest BCUT2D eigenvalue weighted by Crippen LogP contribution is -2.14. The number of nitrogen functional groups attached to an aromatic ring is 1. The lowest BCUT2D eigenvalue weighted by molar-refractivity contribution is 0.601. The summed E-state index contributed by atoms with van der Waals surface area (Å²) >= 11 is 14.8. The molecule has 2 rings (SSSR count). The van der Waals surface area contributed by atoms with Crippen molar-refractivity contribution in [3.8, 4) is 0 Å². The molecular formula is C12H9BrCl2N2O2S. The van der Waals surface area contributed by atoms with Gasteiger partial charge in [-0.15, -0.1) is 0 Å². The Morgan fingerprint density at radius 1 is 1.10 bits per heavy atom. The Balaban J connectivity index is 2.38. The van der Waals surface area contributed by atoms with Gasteiger partial charge in [0.2, 0.25) is 0 Å². The van der Waals surface area contributed by atoms with Crippen molar-refractivity contribution in [2.75, 3.05) is 10.5 Å². The molecule has 0 saturated heterocycles. The van der Waals surface area contributed by atoms with Crippen molar-refractivity contribution in [2.45, 2.75) is 4.90 Å². The monoisotopic (exact) mass is 394 g/mol. The third-order valence-electron chi connectivity index (χ3n) is 2.43. The number of hydrogen-bond acceptors (Lipinski definition) is 3. The Morgan fingerprint density at radius 3 is 2.40 bits per heavy atom. The smallest absolute Gasteiger partial charge is 0.263 e. The fourth-order valence-corrected chi connectivity index (χ4v) is 3.37. The number of anilines is 2. The standard InChI is InChI=1S/C12H9BrCl2N2O2S/c13-9-6-8(2-3-10(9)15)17-20(18,19)12-4-1-7(14)5-11(12)16/h1-6,17H,16H2. The minimum atomic E-state index is -3.79. The molecule has 0 radical (unpaired) electrons. The average molecular weight is 396 g/mol. The van der Waals surface area contributed by atoms with Gasteiger partial charge in [-0.3, -0.25) is 4.72 Å². The van der Waals surface area contributed by atoms with E-state index >= 15 is 0 Å². The van der Waals surface area contributed by atoms with Gasteiger partial charge in [-0.1, -0.05) is 23.2 Å². The van der Waals surface area contributed by atoms with E-state index in [-0.39, 0.29) is 10.6 Å². The molecule has 0 heterocycles. The zero-order valence-electron chi connectivity index (χ0n) is 9.90. The Morgan fingerprint density at radius 2 is 1.80 bits per heavy atom. The second-order valence-corrected chi connectivity index (χ2v) is 7.27. The summed E-state index contributed by atoms with van der Waals surface area (Å²) in [4.78, 5) is -0.0343. The van der Waals surface area contributed by atoms with Crippen LogP contribution < -0.4 is 10.5 Å².